The van der Waals surface area contributed by atoms with Crippen molar-refractivity contribution in [3.05, 3.63) is 59.5 Å². The second-order valence-corrected chi connectivity index (χ2v) is 6.98. The van der Waals surface area contributed by atoms with Gasteiger partial charge in [-0.25, -0.2) is 15.0 Å². The molecule has 0 aliphatic heterocycles. The Morgan fingerprint density at radius 3 is 2.77 bits per heavy atom. The average molecular weight is 384 g/mol. The minimum Gasteiger partial charge on any atom is -0.392 e. The highest BCUT2D eigenvalue weighted by Gasteiger charge is 2.20. The van der Waals surface area contributed by atoms with Crippen molar-refractivity contribution < 1.29 is 5.11 Å². The maximum absolute atomic E-state index is 9.47. The lowest BCUT2D eigenvalue weighted by atomic mass is 10.1. The fraction of sp³-hybridized carbons (Fsp3) is 0.0556. The third-order valence-electron chi connectivity index (χ3n) is 3.84. The number of hydrogen-bond donors (Lipinski definition) is 3. The Bertz CT molecular complexity index is 1060. The monoisotopic (exact) mass is 383 g/mol. The van der Waals surface area contributed by atoms with E-state index in [-0.39, 0.29) is 6.61 Å². The summed E-state index contributed by atoms with van der Waals surface area (Å²) in [5.41, 5.74) is 8.89. The molecule has 0 spiro atoms. The zero-order chi connectivity index (χ0) is 18.1. The van der Waals surface area contributed by atoms with Crippen LogP contribution in [0, 0.1) is 0 Å². The molecule has 130 valence electrons. The molecular weight excluding hydrogens is 370 g/mol. The Labute approximate surface area is 158 Å². The average Bonchev–Trinajstić information content (AvgIpc) is 3.32. The number of pyridine rings is 1. The van der Waals surface area contributed by atoms with Crippen LogP contribution in [-0.4, -0.2) is 25.0 Å². The van der Waals surface area contributed by atoms with Crippen LogP contribution in [-0.2, 0) is 6.61 Å². The first-order chi connectivity index (χ1) is 12.7. The van der Waals surface area contributed by atoms with E-state index in [1.54, 1.807) is 36.8 Å². The highest BCUT2D eigenvalue weighted by atomic mass is 35.5. The van der Waals surface area contributed by atoms with E-state index in [9.17, 15) is 5.11 Å². The number of anilines is 1. The van der Waals surface area contributed by atoms with Crippen molar-refractivity contribution in [3.8, 4) is 32.5 Å². The van der Waals surface area contributed by atoms with Gasteiger partial charge in [-0.1, -0.05) is 17.7 Å². The highest BCUT2D eigenvalue weighted by molar-refractivity contribution is 7.18. The summed E-state index contributed by atoms with van der Waals surface area (Å²) in [7, 11) is 0. The number of aliphatic hydroxyl groups excluding tert-OH is 1. The summed E-state index contributed by atoms with van der Waals surface area (Å²) in [5.74, 6) is 1.13. The highest BCUT2D eigenvalue weighted by Crippen LogP contribution is 2.41. The minimum atomic E-state index is -0.0713. The van der Waals surface area contributed by atoms with Crippen LogP contribution in [0.2, 0.25) is 5.02 Å². The van der Waals surface area contributed by atoms with Crippen molar-refractivity contribution in [1.29, 1.82) is 0 Å². The Hall–Kier alpha value is -2.74. The lowest BCUT2D eigenvalue weighted by Gasteiger charge is -2.06. The van der Waals surface area contributed by atoms with Gasteiger partial charge in [-0.2, -0.15) is 0 Å². The summed E-state index contributed by atoms with van der Waals surface area (Å²) in [4.78, 5) is 17.2. The number of imidazole rings is 1. The number of thiazole rings is 1. The number of nitrogens with two attached hydrogens (primary N) is 1. The molecule has 0 saturated heterocycles. The molecule has 4 aromatic rings. The van der Waals surface area contributed by atoms with E-state index < -0.39 is 0 Å². The minimum absolute atomic E-state index is 0.0713. The number of H-pyrrole nitrogens is 1. The second kappa shape index (κ2) is 6.87. The fourth-order valence-corrected chi connectivity index (χ4v) is 3.85. The van der Waals surface area contributed by atoms with E-state index in [1.165, 1.54) is 11.3 Å². The van der Waals surface area contributed by atoms with Crippen LogP contribution in [0.15, 0.2) is 48.9 Å². The smallest absolute Gasteiger partial charge is 0.149 e. The fourth-order valence-electron chi connectivity index (χ4n) is 2.61. The first-order valence-corrected chi connectivity index (χ1v) is 8.97. The number of halogens is 1. The van der Waals surface area contributed by atoms with Gasteiger partial charge in [-0.3, -0.25) is 0 Å². The van der Waals surface area contributed by atoms with E-state index >= 15 is 0 Å². The van der Waals surface area contributed by atoms with Crippen molar-refractivity contribution in [2.75, 3.05) is 5.73 Å². The van der Waals surface area contributed by atoms with Crippen molar-refractivity contribution in [2.24, 2.45) is 0 Å². The Balaban J connectivity index is 1.94. The zero-order valence-corrected chi connectivity index (χ0v) is 15.1. The number of aliphatic hydroxyl groups is 1. The molecule has 1 aromatic carbocycles. The molecule has 0 atom stereocenters. The van der Waals surface area contributed by atoms with Crippen LogP contribution in [0.25, 0.3) is 32.5 Å². The van der Waals surface area contributed by atoms with Crippen molar-refractivity contribution >= 4 is 28.8 Å². The molecule has 3 heterocycles. The van der Waals surface area contributed by atoms with Crippen molar-refractivity contribution in [3.63, 3.8) is 0 Å². The van der Waals surface area contributed by atoms with Gasteiger partial charge >= 0.3 is 0 Å². The summed E-state index contributed by atoms with van der Waals surface area (Å²) in [6, 6.07) is 9.03. The first-order valence-electron chi connectivity index (χ1n) is 7.78. The topological polar surface area (TPSA) is 101 Å². The van der Waals surface area contributed by atoms with E-state index in [4.69, 9.17) is 22.3 Å². The molecule has 0 fully saturated rings. The number of aromatic nitrogens is 4. The molecule has 6 nitrogen and oxygen atoms in total. The number of rotatable bonds is 4. The molecular formula is C18H14ClN5OS. The van der Waals surface area contributed by atoms with Gasteiger partial charge in [0.15, 0.2) is 0 Å². The molecule has 4 N–H and O–H groups in total. The van der Waals surface area contributed by atoms with Crippen LogP contribution >= 0.6 is 22.9 Å². The standard InChI is InChI=1S/C18H14ClN5OS/c19-13-2-1-10(9-25)7-12(13)15-16(17-22-5-6-23-17)26-18(24-15)11-3-4-21-14(20)8-11/h1-8,25H,9H2,(H2,20,21)(H,22,23). The number of nitrogen functional groups attached to an aromatic ring is 1. The lowest BCUT2D eigenvalue weighted by Crippen LogP contribution is -1.90. The van der Waals surface area contributed by atoms with E-state index in [2.05, 4.69) is 15.0 Å². The molecule has 8 heteroatoms. The summed E-state index contributed by atoms with van der Waals surface area (Å²) in [5, 5.41) is 10.8. The van der Waals surface area contributed by atoms with Crippen LogP contribution < -0.4 is 5.73 Å². The molecule has 0 bridgehead atoms. The molecule has 0 saturated carbocycles. The van der Waals surface area contributed by atoms with Gasteiger partial charge in [0.25, 0.3) is 0 Å². The van der Waals surface area contributed by atoms with Gasteiger partial charge in [0, 0.05) is 29.7 Å². The number of nitrogens with zero attached hydrogens (tertiary/aromatic N) is 3. The van der Waals surface area contributed by atoms with Gasteiger partial charge in [-0.15, -0.1) is 11.3 Å². The largest absolute Gasteiger partial charge is 0.392 e. The maximum Gasteiger partial charge on any atom is 0.149 e. The van der Waals surface area contributed by atoms with Crippen molar-refractivity contribution in [2.45, 2.75) is 6.61 Å². The SMILES string of the molecule is Nc1cc(-c2nc(-c3cc(CO)ccc3Cl)c(-c3ncc[nH]3)s2)ccn1. The van der Waals surface area contributed by atoms with Crippen LogP contribution in [0.5, 0.6) is 0 Å². The van der Waals surface area contributed by atoms with Gasteiger partial charge < -0.3 is 15.8 Å². The maximum atomic E-state index is 9.47. The van der Waals surface area contributed by atoms with Crippen LogP contribution in [0.3, 0.4) is 0 Å². The number of hydrogen-bond acceptors (Lipinski definition) is 6. The summed E-state index contributed by atoms with van der Waals surface area (Å²) in [6.45, 7) is -0.0713. The first kappa shape index (κ1) is 16.7. The summed E-state index contributed by atoms with van der Waals surface area (Å²) < 4.78 is 0. The van der Waals surface area contributed by atoms with Gasteiger partial charge in [-0.05, 0) is 29.8 Å². The molecule has 0 unspecified atom stereocenters. The zero-order valence-electron chi connectivity index (χ0n) is 13.5. The third-order valence-corrected chi connectivity index (χ3v) is 5.28. The lowest BCUT2D eigenvalue weighted by molar-refractivity contribution is 0.282. The predicted molar refractivity (Wildman–Crippen MR) is 104 cm³/mol. The Kier molecular flexibility index (Phi) is 4.42. The molecule has 0 aliphatic carbocycles. The Morgan fingerprint density at radius 1 is 1.15 bits per heavy atom. The van der Waals surface area contributed by atoms with E-state index in [0.29, 0.717) is 22.4 Å². The molecule has 3 aromatic heterocycles. The normalized spacial score (nSPS) is 11.0. The molecule has 0 radical (unpaired) electrons. The number of benzene rings is 1. The summed E-state index contributed by atoms with van der Waals surface area (Å²) in [6.07, 6.45) is 5.10. The molecule has 0 amide bonds. The predicted octanol–water partition coefficient (Wildman–Crippen LogP) is 3.99. The van der Waals surface area contributed by atoms with Crippen molar-refractivity contribution in [1.82, 2.24) is 19.9 Å². The third kappa shape index (κ3) is 3.08. The van der Waals surface area contributed by atoms with Gasteiger partial charge in [0.05, 0.1) is 22.2 Å². The van der Waals surface area contributed by atoms with E-state index in [0.717, 1.165) is 26.6 Å². The van der Waals surface area contributed by atoms with Crippen LogP contribution in [0.4, 0.5) is 5.82 Å². The molecule has 26 heavy (non-hydrogen) atoms. The van der Waals surface area contributed by atoms with Gasteiger partial charge in [0.2, 0.25) is 0 Å². The molecule has 0 aliphatic rings. The molecule has 4 rings (SSSR count). The number of aromatic amines is 1. The van der Waals surface area contributed by atoms with E-state index in [1.807, 2.05) is 12.1 Å². The summed E-state index contributed by atoms with van der Waals surface area (Å²) >= 11 is 7.91. The van der Waals surface area contributed by atoms with Gasteiger partial charge in [0.1, 0.15) is 16.6 Å². The van der Waals surface area contributed by atoms with Crippen LogP contribution in [0.1, 0.15) is 5.56 Å². The number of nitrogens with one attached hydrogen (secondary N) is 1. The Morgan fingerprint density at radius 2 is 2.04 bits per heavy atom. The second-order valence-electron chi connectivity index (χ2n) is 5.58. The quantitative estimate of drug-likeness (QED) is 0.494.